The lowest BCUT2D eigenvalue weighted by Gasteiger charge is -2.28. The number of benzene rings is 1. The van der Waals surface area contributed by atoms with Crippen molar-refractivity contribution >= 4 is 17.3 Å². The van der Waals surface area contributed by atoms with Crippen molar-refractivity contribution in [2.75, 3.05) is 23.3 Å². The van der Waals surface area contributed by atoms with Gasteiger partial charge in [-0.2, -0.15) is 0 Å². The Kier molecular flexibility index (Phi) is 4.20. The van der Waals surface area contributed by atoms with Crippen LogP contribution in [-0.4, -0.2) is 25.0 Å². The number of nitrogens with one attached hydrogen (secondary N) is 1. The van der Waals surface area contributed by atoms with Crippen LogP contribution in [0, 0.1) is 0 Å². The molecule has 1 aromatic carbocycles. The SMILES string of the molecule is C[C@H](N)C(=O)Nc1ccc(N2CCCCC2)cc1. The number of anilines is 2. The molecule has 1 fully saturated rings. The van der Waals surface area contributed by atoms with Crippen LogP contribution in [0.2, 0.25) is 0 Å². The van der Waals surface area contributed by atoms with E-state index >= 15 is 0 Å². The lowest BCUT2D eigenvalue weighted by Crippen LogP contribution is -2.32. The number of hydrogen-bond acceptors (Lipinski definition) is 3. The molecule has 1 aromatic rings. The molecule has 4 heteroatoms. The Hall–Kier alpha value is -1.55. The van der Waals surface area contributed by atoms with E-state index in [1.165, 1.54) is 24.9 Å². The third kappa shape index (κ3) is 3.23. The van der Waals surface area contributed by atoms with E-state index in [1.807, 2.05) is 12.1 Å². The first-order valence-corrected chi connectivity index (χ1v) is 6.58. The maximum atomic E-state index is 11.5. The van der Waals surface area contributed by atoms with E-state index in [1.54, 1.807) is 6.92 Å². The van der Waals surface area contributed by atoms with Crippen LogP contribution in [0.4, 0.5) is 11.4 Å². The Morgan fingerprint density at radius 1 is 1.22 bits per heavy atom. The molecule has 3 N–H and O–H groups in total. The van der Waals surface area contributed by atoms with Crippen LogP contribution in [0.15, 0.2) is 24.3 Å². The van der Waals surface area contributed by atoms with Crippen LogP contribution < -0.4 is 16.0 Å². The number of hydrogen-bond donors (Lipinski definition) is 2. The molecule has 1 amide bonds. The molecular formula is C14H21N3O. The Labute approximate surface area is 108 Å². The van der Waals surface area contributed by atoms with Crippen molar-refractivity contribution in [1.82, 2.24) is 0 Å². The highest BCUT2D eigenvalue weighted by atomic mass is 16.2. The topological polar surface area (TPSA) is 58.4 Å². The summed E-state index contributed by atoms with van der Waals surface area (Å²) < 4.78 is 0. The van der Waals surface area contributed by atoms with E-state index < -0.39 is 6.04 Å². The van der Waals surface area contributed by atoms with Crippen molar-refractivity contribution in [1.29, 1.82) is 0 Å². The lowest BCUT2D eigenvalue weighted by molar-refractivity contribution is -0.117. The van der Waals surface area contributed by atoms with Gasteiger partial charge in [0.2, 0.25) is 5.91 Å². The molecule has 18 heavy (non-hydrogen) atoms. The number of carbonyl (C=O) groups excluding carboxylic acids is 1. The predicted octanol–water partition coefficient (Wildman–Crippen LogP) is 1.96. The van der Waals surface area contributed by atoms with Crippen LogP contribution in [0.3, 0.4) is 0 Å². The zero-order valence-corrected chi connectivity index (χ0v) is 10.9. The van der Waals surface area contributed by atoms with Crippen molar-refractivity contribution in [2.24, 2.45) is 5.73 Å². The van der Waals surface area contributed by atoms with Gasteiger partial charge in [-0.3, -0.25) is 4.79 Å². The molecule has 0 saturated carbocycles. The third-order valence-corrected chi connectivity index (χ3v) is 3.27. The maximum Gasteiger partial charge on any atom is 0.240 e. The summed E-state index contributed by atoms with van der Waals surface area (Å²) in [5.41, 5.74) is 7.54. The maximum absolute atomic E-state index is 11.5. The molecule has 2 rings (SSSR count). The van der Waals surface area contributed by atoms with Gasteiger partial charge in [-0.15, -0.1) is 0 Å². The quantitative estimate of drug-likeness (QED) is 0.858. The summed E-state index contributed by atoms with van der Waals surface area (Å²) in [6, 6.07) is 7.50. The standard InChI is InChI=1S/C14H21N3O/c1-11(15)14(18)16-12-5-7-13(8-6-12)17-9-3-2-4-10-17/h5-8,11H,2-4,9-10,15H2,1H3,(H,16,18)/t11-/m0/s1. The van der Waals surface area contributed by atoms with Gasteiger partial charge in [0, 0.05) is 24.5 Å². The summed E-state index contributed by atoms with van der Waals surface area (Å²) in [5, 5.41) is 2.79. The molecule has 1 heterocycles. The Morgan fingerprint density at radius 2 is 1.83 bits per heavy atom. The smallest absolute Gasteiger partial charge is 0.240 e. The number of piperidine rings is 1. The Balaban J connectivity index is 1.98. The predicted molar refractivity (Wildman–Crippen MR) is 74.8 cm³/mol. The molecule has 0 aromatic heterocycles. The molecule has 4 nitrogen and oxygen atoms in total. The van der Waals surface area contributed by atoms with Crippen LogP contribution >= 0.6 is 0 Å². The lowest BCUT2D eigenvalue weighted by atomic mass is 10.1. The molecular weight excluding hydrogens is 226 g/mol. The van der Waals surface area contributed by atoms with Gasteiger partial charge in [0.15, 0.2) is 0 Å². The first-order valence-electron chi connectivity index (χ1n) is 6.58. The van der Waals surface area contributed by atoms with Crippen LogP contribution in [0.25, 0.3) is 0 Å². The van der Waals surface area contributed by atoms with E-state index in [2.05, 4.69) is 22.3 Å². The fourth-order valence-electron chi connectivity index (χ4n) is 2.16. The van der Waals surface area contributed by atoms with Crippen molar-refractivity contribution < 1.29 is 4.79 Å². The Morgan fingerprint density at radius 3 is 2.39 bits per heavy atom. The molecule has 1 aliphatic rings. The van der Waals surface area contributed by atoms with Gasteiger partial charge in [0.05, 0.1) is 6.04 Å². The number of nitrogens with zero attached hydrogens (tertiary/aromatic N) is 1. The second kappa shape index (κ2) is 5.87. The fourth-order valence-corrected chi connectivity index (χ4v) is 2.16. The van der Waals surface area contributed by atoms with Gasteiger partial charge in [-0.05, 0) is 50.5 Å². The molecule has 0 aliphatic carbocycles. The minimum atomic E-state index is -0.480. The van der Waals surface area contributed by atoms with Crippen LogP contribution in [0.1, 0.15) is 26.2 Å². The summed E-state index contributed by atoms with van der Waals surface area (Å²) in [4.78, 5) is 13.8. The third-order valence-electron chi connectivity index (χ3n) is 3.27. The van der Waals surface area contributed by atoms with Gasteiger partial charge in [-0.25, -0.2) is 0 Å². The number of rotatable bonds is 3. The van der Waals surface area contributed by atoms with Gasteiger partial charge < -0.3 is 16.0 Å². The molecule has 98 valence electrons. The largest absolute Gasteiger partial charge is 0.372 e. The average Bonchev–Trinajstić information content (AvgIpc) is 2.40. The van der Waals surface area contributed by atoms with Gasteiger partial charge in [0.25, 0.3) is 0 Å². The van der Waals surface area contributed by atoms with Gasteiger partial charge in [0.1, 0.15) is 0 Å². The van der Waals surface area contributed by atoms with Crippen molar-refractivity contribution in [2.45, 2.75) is 32.2 Å². The first-order chi connectivity index (χ1) is 8.66. The summed E-state index contributed by atoms with van der Waals surface area (Å²) >= 11 is 0. The van der Waals surface area contributed by atoms with E-state index in [4.69, 9.17) is 5.73 Å². The molecule has 0 radical (unpaired) electrons. The van der Waals surface area contributed by atoms with E-state index in [0.29, 0.717) is 0 Å². The number of nitrogens with two attached hydrogens (primary N) is 1. The van der Waals surface area contributed by atoms with E-state index in [9.17, 15) is 4.79 Å². The zero-order chi connectivity index (χ0) is 13.0. The first kappa shape index (κ1) is 12.9. The molecule has 0 spiro atoms. The monoisotopic (exact) mass is 247 g/mol. The molecule has 1 atom stereocenters. The number of carbonyl (C=O) groups is 1. The summed E-state index contributed by atoms with van der Waals surface area (Å²) in [6.45, 7) is 3.94. The van der Waals surface area contributed by atoms with Crippen molar-refractivity contribution in [3.8, 4) is 0 Å². The summed E-state index contributed by atoms with van der Waals surface area (Å²) in [6.07, 6.45) is 3.87. The summed E-state index contributed by atoms with van der Waals surface area (Å²) in [7, 11) is 0. The second-order valence-electron chi connectivity index (χ2n) is 4.87. The van der Waals surface area contributed by atoms with E-state index in [0.717, 1.165) is 18.8 Å². The zero-order valence-electron chi connectivity index (χ0n) is 10.9. The highest BCUT2D eigenvalue weighted by molar-refractivity contribution is 5.94. The van der Waals surface area contributed by atoms with Gasteiger partial charge >= 0.3 is 0 Å². The van der Waals surface area contributed by atoms with Crippen molar-refractivity contribution in [3.05, 3.63) is 24.3 Å². The highest BCUT2D eigenvalue weighted by Crippen LogP contribution is 2.21. The van der Waals surface area contributed by atoms with Crippen molar-refractivity contribution in [3.63, 3.8) is 0 Å². The fraction of sp³-hybridized carbons (Fsp3) is 0.500. The van der Waals surface area contributed by atoms with Crippen LogP contribution in [-0.2, 0) is 4.79 Å². The molecule has 0 unspecified atom stereocenters. The van der Waals surface area contributed by atoms with E-state index in [-0.39, 0.29) is 5.91 Å². The molecule has 1 saturated heterocycles. The normalized spacial score (nSPS) is 17.3. The minimum absolute atomic E-state index is 0.152. The second-order valence-corrected chi connectivity index (χ2v) is 4.87. The minimum Gasteiger partial charge on any atom is -0.372 e. The number of amides is 1. The average molecular weight is 247 g/mol. The molecule has 1 aliphatic heterocycles. The summed E-state index contributed by atoms with van der Waals surface area (Å²) in [5.74, 6) is -0.152. The highest BCUT2D eigenvalue weighted by Gasteiger charge is 2.11. The molecule has 0 bridgehead atoms. The Bertz CT molecular complexity index is 394. The van der Waals surface area contributed by atoms with Gasteiger partial charge in [-0.1, -0.05) is 0 Å². The van der Waals surface area contributed by atoms with Crippen LogP contribution in [0.5, 0.6) is 0 Å².